The molecule has 2 N–H and O–H groups in total. The van der Waals surface area contributed by atoms with Gasteiger partial charge in [0.25, 0.3) is 0 Å². The minimum atomic E-state index is -0.806. The SMILES string of the molecule is CCN(C(=O)C(CC(C)C)NC(=O)OC(C)(C)C)C(C(=O)NC(C)C)c1ccc(C)cc1C. The zero-order valence-electron chi connectivity index (χ0n) is 22.0. The van der Waals surface area contributed by atoms with Crippen molar-refractivity contribution in [2.45, 2.75) is 99.4 Å². The Hall–Kier alpha value is -2.57. The number of aryl methyl sites for hydroxylation is 2. The van der Waals surface area contributed by atoms with Crippen molar-refractivity contribution in [2.75, 3.05) is 6.54 Å². The van der Waals surface area contributed by atoms with E-state index in [1.807, 2.05) is 66.7 Å². The normalized spacial score (nSPS) is 13.5. The molecule has 0 aromatic heterocycles. The molecule has 2 unspecified atom stereocenters. The average Bonchev–Trinajstić information content (AvgIpc) is 2.63. The predicted octanol–water partition coefficient (Wildman–Crippen LogP) is 4.66. The minimum Gasteiger partial charge on any atom is -0.444 e. The van der Waals surface area contributed by atoms with Crippen molar-refractivity contribution >= 4 is 17.9 Å². The molecule has 0 spiro atoms. The summed E-state index contributed by atoms with van der Waals surface area (Å²) in [6.07, 6.45) is -0.216. The number of ether oxygens (including phenoxy) is 1. The molecule has 0 radical (unpaired) electrons. The third-order valence-corrected chi connectivity index (χ3v) is 5.03. The van der Waals surface area contributed by atoms with Gasteiger partial charge in [-0.1, -0.05) is 37.6 Å². The number of amides is 3. The van der Waals surface area contributed by atoms with Gasteiger partial charge in [-0.15, -0.1) is 0 Å². The van der Waals surface area contributed by atoms with Gasteiger partial charge in [0.1, 0.15) is 17.7 Å². The molecule has 0 saturated carbocycles. The third kappa shape index (κ3) is 9.06. The van der Waals surface area contributed by atoms with E-state index >= 15 is 0 Å². The Morgan fingerprint density at radius 1 is 1.03 bits per heavy atom. The van der Waals surface area contributed by atoms with Gasteiger partial charge in [-0.05, 0) is 78.9 Å². The highest BCUT2D eigenvalue weighted by Crippen LogP contribution is 2.27. The van der Waals surface area contributed by atoms with Gasteiger partial charge in [-0.2, -0.15) is 0 Å². The van der Waals surface area contributed by atoms with Crippen molar-refractivity contribution < 1.29 is 19.1 Å². The Kier molecular flexibility index (Phi) is 10.4. The smallest absolute Gasteiger partial charge is 0.408 e. The van der Waals surface area contributed by atoms with Crippen molar-refractivity contribution in [3.8, 4) is 0 Å². The molecule has 3 amide bonds. The number of benzene rings is 1. The summed E-state index contributed by atoms with van der Waals surface area (Å²) in [4.78, 5) is 41.2. The van der Waals surface area contributed by atoms with Crippen LogP contribution in [0.2, 0.25) is 0 Å². The molecule has 186 valence electrons. The molecule has 33 heavy (non-hydrogen) atoms. The number of hydrogen-bond donors (Lipinski definition) is 2. The molecular weight excluding hydrogens is 418 g/mol. The van der Waals surface area contributed by atoms with E-state index in [0.29, 0.717) is 13.0 Å². The molecule has 0 bridgehead atoms. The number of nitrogens with one attached hydrogen (secondary N) is 2. The lowest BCUT2D eigenvalue weighted by molar-refractivity contribution is -0.142. The molecule has 0 fully saturated rings. The number of hydrogen-bond acceptors (Lipinski definition) is 4. The van der Waals surface area contributed by atoms with Crippen LogP contribution in [0.4, 0.5) is 4.79 Å². The lowest BCUT2D eigenvalue weighted by Crippen LogP contribution is -2.53. The first-order chi connectivity index (χ1) is 15.2. The molecule has 0 saturated heterocycles. The van der Waals surface area contributed by atoms with E-state index in [9.17, 15) is 14.4 Å². The Morgan fingerprint density at radius 3 is 2.09 bits per heavy atom. The van der Waals surface area contributed by atoms with Crippen LogP contribution in [0.5, 0.6) is 0 Å². The molecule has 0 aliphatic heterocycles. The molecule has 1 aromatic carbocycles. The van der Waals surface area contributed by atoms with Crippen molar-refractivity contribution in [1.29, 1.82) is 0 Å². The standard InChI is InChI=1S/C26H43N3O4/c1-11-29(24(31)21(14-16(2)3)28-25(32)33-26(8,9)10)22(23(30)27-17(4)5)20-13-12-18(6)15-19(20)7/h12-13,15-17,21-22H,11,14H2,1-10H3,(H,27,30)(H,28,32). The second kappa shape index (κ2) is 12.1. The second-order valence-electron chi connectivity index (χ2n) is 10.4. The zero-order valence-corrected chi connectivity index (χ0v) is 22.0. The summed E-state index contributed by atoms with van der Waals surface area (Å²) in [5, 5.41) is 5.70. The highest BCUT2D eigenvalue weighted by atomic mass is 16.6. The maximum atomic E-state index is 13.8. The van der Waals surface area contributed by atoms with Crippen LogP contribution < -0.4 is 10.6 Å². The number of rotatable bonds is 9. The van der Waals surface area contributed by atoms with Gasteiger partial charge in [-0.3, -0.25) is 9.59 Å². The molecule has 0 aliphatic rings. The van der Waals surface area contributed by atoms with Crippen LogP contribution in [0, 0.1) is 19.8 Å². The number of carbonyl (C=O) groups is 3. The highest BCUT2D eigenvalue weighted by Gasteiger charge is 2.36. The van der Waals surface area contributed by atoms with Gasteiger partial charge in [0.2, 0.25) is 11.8 Å². The lowest BCUT2D eigenvalue weighted by atomic mass is 9.95. The summed E-state index contributed by atoms with van der Waals surface area (Å²) < 4.78 is 5.39. The van der Waals surface area contributed by atoms with Crippen LogP contribution in [-0.4, -0.2) is 47.0 Å². The van der Waals surface area contributed by atoms with E-state index in [-0.39, 0.29) is 23.8 Å². The largest absolute Gasteiger partial charge is 0.444 e. The van der Waals surface area contributed by atoms with E-state index in [1.165, 1.54) is 0 Å². The fourth-order valence-electron chi connectivity index (χ4n) is 3.76. The van der Waals surface area contributed by atoms with Gasteiger partial charge in [-0.25, -0.2) is 4.79 Å². The van der Waals surface area contributed by atoms with E-state index in [2.05, 4.69) is 10.6 Å². The number of carbonyl (C=O) groups excluding carboxylic acids is 3. The number of likely N-dealkylation sites (N-methyl/N-ethyl adjacent to an activating group) is 1. The number of alkyl carbamates (subject to hydrolysis) is 1. The van der Waals surface area contributed by atoms with Crippen LogP contribution >= 0.6 is 0 Å². The van der Waals surface area contributed by atoms with Gasteiger partial charge >= 0.3 is 6.09 Å². The van der Waals surface area contributed by atoms with E-state index < -0.39 is 23.8 Å². The summed E-state index contributed by atoms with van der Waals surface area (Å²) >= 11 is 0. The second-order valence-corrected chi connectivity index (χ2v) is 10.4. The summed E-state index contributed by atoms with van der Waals surface area (Å²) in [6, 6.07) is 4.17. The van der Waals surface area contributed by atoms with Crippen molar-refractivity contribution in [3.63, 3.8) is 0 Å². The van der Waals surface area contributed by atoms with E-state index in [4.69, 9.17) is 4.74 Å². The van der Waals surface area contributed by atoms with Gasteiger partial charge in [0.05, 0.1) is 0 Å². The summed E-state index contributed by atoms with van der Waals surface area (Å²) in [5.41, 5.74) is 2.11. The molecule has 1 rings (SSSR count). The van der Waals surface area contributed by atoms with Gasteiger partial charge in [0, 0.05) is 12.6 Å². The minimum absolute atomic E-state index is 0.0779. The van der Waals surface area contributed by atoms with Crippen molar-refractivity contribution in [2.24, 2.45) is 5.92 Å². The van der Waals surface area contributed by atoms with Crippen LogP contribution in [0.1, 0.15) is 84.5 Å². The molecular formula is C26H43N3O4. The first kappa shape index (κ1) is 28.5. The molecule has 1 aromatic rings. The maximum absolute atomic E-state index is 13.8. The summed E-state index contributed by atoms with van der Waals surface area (Å²) in [7, 11) is 0. The Labute approximate surface area is 199 Å². The Bertz CT molecular complexity index is 827. The van der Waals surface area contributed by atoms with E-state index in [1.54, 1.807) is 25.7 Å². The predicted molar refractivity (Wildman–Crippen MR) is 132 cm³/mol. The first-order valence-corrected chi connectivity index (χ1v) is 11.8. The quantitative estimate of drug-likeness (QED) is 0.560. The number of nitrogens with zero attached hydrogens (tertiary/aromatic N) is 1. The lowest BCUT2D eigenvalue weighted by Gasteiger charge is -2.35. The highest BCUT2D eigenvalue weighted by molar-refractivity contribution is 5.92. The summed E-state index contributed by atoms with van der Waals surface area (Å²) in [5.74, 6) is -0.398. The zero-order chi connectivity index (χ0) is 25.5. The molecule has 0 aliphatic carbocycles. The summed E-state index contributed by atoms with van der Waals surface area (Å²) in [6.45, 7) is 19.2. The van der Waals surface area contributed by atoms with Gasteiger partial charge < -0.3 is 20.3 Å². The van der Waals surface area contributed by atoms with Crippen LogP contribution in [-0.2, 0) is 14.3 Å². The molecule has 2 atom stereocenters. The molecule has 7 heteroatoms. The Balaban J connectivity index is 3.40. The van der Waals surface area contributed by atoms with E-state index in [0.717, 1.165) is 16.7 Å². The Morgan fingerprint density at radius 2 is 1.64 bits per heavy atom. The topological polar surface area (TPSA) is 87.7 Å². The van der Waals surface area contributed by atoms with Crippen LogP contribution in [0.3, 0.4) is 0 Å². The maximum Gasteiger partial charge on any atom is 0.408 e. The third-order valence-electron chi connectivity index (χ3n) is 5.03. The van der Waals surface area contributed by atoms with Gasteiger partial charge in [0.15, 0.2) is 0 Å². The van der Waals surface area contributed by atoms with Crippen LogP contribution in [0.25, 0.3) is 0 Å². The fourth-order valence-corrected chi connectivity index (χ4v) is 3.76. The monoisotopic (exact) mass is 461 g/mol. The van der Waals surface area contributed by atoms with Crippen LogP contribution in [0.15, 0.2) is 18.2 Å². The molecule has 0 heterocycles. The first-order valence-electron chi connectivity index (χ1n) is 11.8. The average molecular weight is 462 g/mol. The van der Waals surface area contributed by atoms with Crippen molar-refractivity contribution in [3.05, 3.63) is 34.9 Å². The fraction of sp³-hybridized carbons (Fsp3) is 0.654. The molecule has 7 nitrogen and oxygen atoms in total. The van der Waals surface area contributed by atoms with Crippen molar-refractivity contribution in [1.82, 2.24) is 15.5 Å².